The van der Waals surface area contributed by atoms with E-state index in [0.717, 1.165) is 16.6 Å². The van der Waals surface area contributed by atoms with Crippen molar-refractivity contribution >= 4 is 45.9 Å². The molecule has 2 rings (SSSR count). The summed E-state index contributed by atoms with van der Waals surface area (Å²) in [4.78, 5) is 3.28. The summed E-state index contributed by atoms with van der Waals surface area (Å²) in [5.41, 5.74) is 7.59. The number of halogens is 2. The Morgan fingerprint density at radius 2 is 2.00 bits per heavy atom. The number of nitrogens with two attached hydrogens (primary N) is 1. The lowest BCUT2D eigenvalue weighted by Crippen LogP contribution is -2.16. The Balaban J connectivity index is 2.17. The Hall–Kier alpha value is -0.900. The molecule has 0 saturated heterocycles. The van der Waals surface area contributed by atoms with Gasteiger partial charge in [0, 0.05) is 16.9 Å². The highest BCUT2D eigenvalue weighted by Gasteiger charge is 2.07. The van der Waals surface area contributed by atoms with Crippen LogP contribution in [0.4, 0.5) is 11.4 Å². The predicted octanol–water partition coefficient (Wildman–Crippen LogP) is 4.27. The zero-order chi connectivity index (χ0) is 12.4. The Morgan fingerprint density at radius 1 is 1.24 bits per heavy atom. The molecule has 90 valence electrons. The SMILES string of the molecule is CN(Cc1ccc(Cl)s1)c1ccc(Cl)cc1N. The Kier molecular flexibility index (Phi) is 3.82. The lowest BCUT2D eigenvalue weighted by atomic mass is 10.2. The molecule has 0 saturated carbocycles. The normalized spacial score (nSPS) is 10.5. The molecular weight excluding hydrogens is 275 g/mol. The second-order valence-electron chi connectivity index (χ2n) is 3.77. The standard InChI is InChI=1S/C12H12Cl2N2S/c1-16(7-9-3-5-12(14)17-9)11-4-2-8(13)6-10(11)15/h2-6H,7,15H2,1H3. The average molecular weight is 287 g/mol. The highest BCUT2D eigenvalue weighted by Crippen LogP contribution is 2.29. The zero-order valence-electron chi connectivity index (χ0n) is 9.28. The van der Waals surface area contributed by atoms with Crippen LogP contribution in [0.3, 0.4) is 0 Å². The lowest BCUT2D eigenvalue weighted by Gasteiger charge is -2.20. The molecule has 0 amide bonds. The topological polar surface area (TPSA) is 29.3 Å². The summed E-state index contributed by atoms with van der Waals surface area (Å²) in [7, 11) is 1.99. The van der Waals surface area contributed by atoms with Gasteiger partial charge in [-0.2, -0.15) is 0 Å². The molecule has 0 unspecified atom stereocenters. The van der Waals surface area contributed by atoms with E-state index in [9.17, 15) is 0 Å². The van der Waals surface area contributed by atoms with E-state index in [4.69, 9.17) is 28.9 Å². The van der Waals surface area contributed by atoms with Gasteiger partial charge in [-0.05, 0) is 30.3 Å². The number of hydrogen-bond acceptors (Lipinski definition) is 3. The molecule has 0 spiro atoms. The fourth-order valence-corrected chi connectivity index (χ4v) is 2.95. The summed E-state index contributed by atoms with van der Waals surface area (Å²) in [5, 5.41) is 0.652. The van der Waals surface area contributed by atoms with Gasteiger partial charge in [0.25, 0.3) is 0 Å². The van der Waals surface area contributed by atoms with Gasteiger partial charge in [-0.1, -0.05) is 23.2 Å². The molecule has 17 heavy (non-hydrogen) atoms. The molecule has 2 nitrogen and oxygen atoms in total. The number of nitrogens with zero attached hydrogens (tertiary/aromatic N) is 1. The Labute approximate surface area is 115 Å². The lowest BCUT2D eigenvalue weighted by molar-refractivity contribution is 0.942. The smallest absolute Gasteiger partial charge is 0.0931 e. The van der Waals surface area contributed by atoms with Crippen LogP contribution >= 0.6 is 34.5 Å². The molecule has 1 heterocycles. The quantitative estimate of drug-likeness (QED) is 0.854. The van der Waals surface area contributed by atoms with Crippen LogP contribution in [0, 0.1) is 0 Å². The molecule has 0 aliphatic heterocycles. The van der Waals surface area contributed by atoms with Crippen molar-refractivity contribution in [3.8, 4) is 0 Å². The van der Waals surface area contributed by atoms with E-state index >= 15 is 0 Å². The molecule has 2 aromatic rings. The molecule has 0 bridgehead atoms. The first kappa shape index (κ1) is 12.6. The molecule has 5 heteroatoms. The monoisotopic (exact) mass is 286 g/mol. The molecule has 0 atom stereocenters. The summed E-state index contributed by atoms with van der Waals surface area (Å²) in [6.45, 7) is 0.781. The summed E-state index contributed by atoms with van der Waals surface area (Å²) in [5.74, 6) is 0. The maximum absolute atomic E-state index is 5.93. The number of anilines is 2. The maximum Gasteiger partial charge on any atom is 0.0931 e. The van der Waals surface area contributed by atoms with E-state index < -0.39 is 0 Å². The average Bonchev–Trinajstić information content (AvgIpc) is 2.63. The van der Waals surface area contributed by atoms with Crippen LogP contribution in [-0.2, 0) is 6.54 Å². The van der Waals surface area contributed by atoms with Crippen LogP contribution in [0.1, 0.15) is 4.88 Å². The van der Waals surface area contributed by atoms with Crippen LogP contribution in [-0.4, -0.2) is 7.05 Å². The van der Waals surface area contributed by atoms with Gasteiger partial charge < -0.3 is 10.6 Å². The third-order valence-corrected chi connectivity index (χ3v) is 3.87. The molecule has 0 radical (unpaired) electrons. The van der Waals surface area contributed by atoms with Gasteiger partial charge in [0.15, 0.2) is 0 Å². The number of thiophene rings is 1. The molecule has 0 aliphatic carbocycles. The van der Waals surface area contributed by atoms with Crippen molar-refractivity contribution in [3.63, 3.8) is 0 Å². The van der Waals surface area contributed by atoms with E-state index in [1.807, 2.05) is 31.3 Å². The van der Waals surface area contributed by atoms with Gasteiger partial charge in [0.2, 0.25) is 0 Å². The van der Waals surface area contributed by atoms with Gasteiger partial charge in [-0.15, -0.1) is 11.3 Å². The van der Waals surface area contributed by atoms with E-state index in [0.29, 0.717) is 10.7 Å². The minimum atomic E-state index is 0.652. The third-order valence-electron chi connectivity index (χ3n) is 2.42. The van der Waals surface area contributed by atoms with Crippen molar-refractivity contribution in [2.24, 2.45) is 0 Å². The van der Waals surface area contributed by atoms with Crippen molar-refractivity contribution in [1.82, 2.24) is 0 Å². The molecule has 1 aromatic heterocycles. The molecule has 0 fully saturated rings. The Morgan fingerprint density at radius 3 is 2.59 bits per heavy atom. The fraction of sp³-hybridized carbons (Fsp3) is 0.167. The zero-order valence-corrected chi connectivity index (χ0v) is 11.6. The number of hydrogen-bond donors (Lipinski definition) is 1. The largest absolute Gasteiger partial charge is 0.397 e. The fourth-order valence-electron chi connectivity index (χ4n) is 1.63. The van der Waals surface area contributed by atoms with E-state index in [1.54, 1.807) is 17.4 Å². The second-order valence-corrected chi connectivity index (χ2v) is 6.00. The first-order valence-corrected chi connectivity index (χ1v) is 6.64. The molecule has 0 aliphatic rings. The van der Waals surface area contributed by atoms with Crippen LogP contribution in [0.15, 0.2) is 30.3 Å². The highest BCUT2D eigenvalue weighted by atomic mass is 35.5. The molecular formula is C12H12Cl2N2S. The van der Waals surface area contributed by atoms with Crippen molar-refractivity contribution < 1.29 is 0 Å². The summed E-state index contributed by atoms with van der Waals surface area (Å²) >= 11 is 13.3. The molecule has 1 aromatic carbocycles. The third kappa shape index (κ3) is 3.06. The van der Waals surface area contributed by atoms with Gasteiger partial charge in [0.05, 0.1) is 22.3 Å². The van der Waals surface area contributed by atoms with Crippen molar-refractivity contribution in [2.75, 3.05) is 17.7 Å². The summed E-state index contributed by atoms with van der Waals surface area (Å²) in [6.07, 6.45) is 0. The predicted molar refractivity (Wildman–Crippen MR) is 77.3 cm³/mol. The van der Waals surface area contributed by atoms with Crippen LogP contribution in [0.2, 0.25) is 9.36 Å². The van der Waals surface area contributed by atoms with Gasteiger partial charge >= 0.3 is 0 Å². The van der Waals surface area contributed by atoms with E-state index in [1.165, 1.54) is 4.88 Å². The van der Waals surface area contributed by atoms with E-state index in [-0.39, 0.29) is 0 Å². The van der Waals surface area contributed by atoms with Gasteiger partial charge in [0.1, 0.15) is 0 Å². The number of rotatable bonds is 3. The van der Waals surface area contributed by atoms with Crippen LogP contribution < -0.4 is 10.6 Å². The van der Waals surface area contributed by atoms with Crippen molar-refractivity contribution in [1.29, 1.82) is 0 Å². The highest BCUT2D eigenvalue weighted by molar-refractivity contribution is 7.16. The molecule has 2 N–H and O–H groups in total. The van der Waals surface area contributed by atoms with Crippen molar-refractivity contribution in [3.05, 3.63) is 44.6 Å². The second kappa shape index (κ2) is 5.17. The van der Waals surface area contributed by atoms with Crippen LogP contribution in [0.5, 0.6) is 0 Å². The summed E-state index contributed by atoms with van der Waals surface area (Å²) in [6, 6.07) is 9.45. The summed E-state index contributed by atoms with van der Waals surface area (Å²) < 4.78 is 0.803. The maximum atomic E-state index is 5.93. The Bertz CT molecular complexity index is 525. The first-order valence-electron chi connectivity index (χ1n) is 5.06. The van der Waals surface area contributed by atoms with Crippen molar-refractivity contribution in [2.45, 2.75) is 6.54 Å². The van der Waals surface area contributed by atoms with E-state index in [2.05, 4.69) is 4.90 Å². The van der Waals surface area contributed by atoms with Crippen LogP contribution in [0.25, 0.3) is 0 Å². The first-order chi connectivity index (χ1) is 8.06. The minimum Gasteiger partial charge on any atom is -0.397 e. The van der Waals surface area contributed by atoms with Gasteiger partial charge in [-0.3, -0.25) is 0 Å². The number of benzene rings is 1. The van der Waals surface area contributed by atoms with Gasteiger partial charge in [-0.25, -0.2) is 0 Å². The minimum absolute atomic E-state index is 0.652. The number of nitrogen functional groups attached to an aromatic ring is 1.